The topological polar surface area (TPSA) is 44.9 Å². The monoisotopic (exact) mass is 336 g/mol. The van der Waals surface area contributed by atoms with Crippen molar-refractivity contribution in [2.45, 2.75) is 0 Å². The highest BCUT2D eigenvalue weighted by Crippen LogP contribution is 2.28. The van der Waals surface area contributed by atoms with Gasteiger partial charge in [0.05, 0.1) is 5.52 Å². The van der Waals surface area contributed by atoms with Crippen LogP contribution in [-0.2, 0) is 0 Å². The molecule has 0 aliphatic carbocycles. The second-order valence-electron chi connectivity index (χ2n) is 6.41. The first-order chi connectivity index (χ1) is 12.8. The smallest absolute Gasteiger partial charge is 0.197 e. The van der Waals surface area contributed by atoms with E-state index in [-0.39, 0.29) is 5.43 Å². The maximum Gasteiger partial charge on any atom is 0.197 e. The Hall–Kier alpha value is -3.59. The molecule has 5 aromatic rings. The molecule has 0 amide bonds. The number of aromatic nitrogens is 1. The molecule has 0 spiro atoms. The molecule has 1 aromatic heterocycles. The molecule has 1 heterocycles. The van der Waals surface area contributed by atoms with Crippen molar-refractivity contribution in [1.82, 2.24) is 4.98 Å². The summed E-state index contributed by atoms with van der Waals surface area (Å²) in [5.74, 6) is 0. The predicted octanol–water partition coefficient (Wildman–Crippen LogP) is 5.58. The zero-order valence-corrected chi connectivity index (χ0v) is 14.0. The van der Waals surface area contributed by atoms with Crippen LogP contribution in [0.1, 0.15) is 0 Å². The van der Waals surface area contributed by atoms with Gasteiger partial charge < -0.3 is 10.3 Å². The van der Waals surface area contributed by atoms with Crippen molar-refractivity contribution in [3.05, 3.63) is 95.2 Å². The van der Waals surface area contributed by atoms with Crippen LogP contribution < -0.4 is 10.7 Å². The molecule has 0 bridgehead atoms. The van der Waals surface area contributed by atoms with E-state index in [9.17, 15) is 4.79 Å². The lowest BCUT2D eigenvalue weighted by Gasteiger charge is -2.10. The van der Waals surface area contributed by atoms with Gasteiger partial charge in [0.2, 0.25) is 0 Å². The molecule has 3 nitrogen and oxygen atoms in total. The van der Waals surface area contributed by atoms with Crippen LogP contribution in [0.15, 0.2) is 89.7 Å². The van der Waals surface area contributed by atoms with Gasteiger partial charge >= 0.3 is 0 Å². The molecule has 3 heteroatoms. The molecule has 0 saturated heterocycles. The van der Waals surface area contributed by atoms with Crippen molar-refractivity contribution in [2.24, 2.45) is 0 Å². The molecule has 124 valence electrons. The number of anilines is 2. The molecule has 5 rings (SSSR count). The molecule has 26 heavy (non-hydrogen) atoms. The van der Waals surface area contributed by atoms with Crippen molar-refractivity contribution >= 4 is 44.0 Å². The highest BCUT2D eigenvalue weighted by molar-refractivity contribution is 6.09. The molecule has 0 saturated carbocycles. The normalized spacial score (nSPS) is 11.2. The summed E-state index contributed by atoms with van der Waals surface area (Å²) in [7, 11) is 0. The summed E-state index contributed by atoms with van der Waals surface area (Å²) in [5, 5.41) is 6.99. The van der Waals surface area contributed by atoms with Gasteiger partial charge in [-0.15, -0.1) is 0 Å². The standard InChI is InChI=1S/C23H16N2O/c26-23-18-8-4-5-9-21(18)25-22-19(23)13-11-15-10-12-17(14-20(15)22)24-16-6-2-1-3-7-16/h1-14,24H,(H,25,26). The van der Waals surface area contributed by atoms with Gasteiger partial charge in [-0.1, -0.05) is 42.5 Å². The molecular formula is C23H16N2O. The van der Waals surface area contributed by atoms with E-state index in [1.807, 2.05) is 66.7 Å². The zero-order chi connectivity index (χ0) is 17.5. The summed E-state index contributed by atoms with van der Waals surface area (Å²) < 4.78 is 0. The summed E-state index contributed by atoms with van der Waals surface area (Å²) in [6.45, 7) is 0. The van der Waals surface area contributed by atoms with Crippen molar-refractivity contribution in [3.8, 4) is 0 Å². The van der Waals surface area contributed by atoms with Gasteiger partial charge in [-0.25, -0.2) is 0 Å². The quantitative estimate of drug-likeness (QED) is 0.326. The van der Waals surface area contributed by atoms with Crippen LogP contribution in [0.2, 0.25) is 0 Å². The molecule has 4 aromatic carbocycles. The van der Waals surface area contributed by atoms with Crippen LogP contribution in [0.3, 0.4) is 0 Å². The average molecular weight is 336 g/mol. The number of para-hydroxylation sites is 2. The van der Waals surface area contributed by atoms with Crippen LogP contribution >= 0.6 is 0 Å². The first-order valence-corrected chi connectivity index (χ1v) is 8.59. The van der Waals surface area contributed by atoms with Gasteiger partial charge in [-0.05, 0) is 47.9 Å². The lowest BCUT2D eigenvalue weighted by molar-refractivity contribution is 1.49. The van der Waals surface area contributed by atoms with Gasteiger partial charge in [0.25, 0.3) is 0 Å². The number of hydrogen-bond donors (Lipinski definition) is 2. The molecule has 0 radical (unpaired) electrons. The second kappa shape index (κ2) is 5.74. The first kappa shape index (κ1) is 14.7. The average Bonchev–Trinajstić information content (AvgIpc) is 2.69. The number of fused-ring (bicyclic) bond motifs is 4. The third-order valence-corrected chi connectivity index (χ3v) is 4.76. The minimum absolute atomic E-state index is 0.0673. The van der Waals surface area contributed by atoms with Crippen molar-refractivity contribution in [2.75, 3.05) is 5.32 Å². The SMILES string of the molecule is O=c1c2ccccc2[nH]c2c1ccc1ccc(Nc3ccccc3)cc12. The largest absolute Gasteiger partial charge is 0.356 e. The maximum absolute atomic E-state index is 12.9. The molecular weight excluding hydrogens is 320 g/mol. The van der Waals surface area contributed by atoms with Crippen molar-refractivity contribution < 1.29 is 0 Å². The van der Waals surface area contributed by atoms with Crippen molar-refractivity contribution in [3.63, 3.8) is 0 Å². The Morgan fingerprint density at radius 2 is 1.42 bits per heavy atom. The fourth-order valence-electron chi connectivity index (χ4n) is 3.48. The Bertz CT molecular complexity index is 1320. The highest BCUT2D eigenvalue weighted by atomic mass is 16.1. The minimum Gasteiger partial charge on any atom is -0.356 e. The first-order valence-electron chi connectivity index (χ1n) is 8.59. The van der Waals surface area contributed by atoms with E-state index in [0.29, 0.717) is 5.39 Å². The summed E-state index contributed by atoms with van der Waals surface area (Å²) in [6, 6.07) is 27.9. The molecule has 0 aliphatic heterocycles. The Kier molecular flexibility index (Phi) is 3.25. The van der Waals surface area contributed by atoms with Gasteiger partial charge in [-0.2, -0.15) is 0 Å². The Morgan fingerprint density at radius 1 is 0.654 bits per heavy atom. The zero-order valence-electron chi connectivity index (χ0n) is 14.0. The molecule has 0 atom stereocenters. The minimum atomic E-state index is 0.0673. The summed E-state index contributed by atoms with van der Waals surface area (Å²) >= 11 is 0. The number of hydrogen-bond acceptors (Lipinski definition) is 2. The fourth-order valence-corrected chi connectivity index (χ4v) is 3.48. The third kappa shape index (κ3) is 2.33. The molecule has 0 aliphatic rings. The molecule has 0 fully saturated rings. The maximum atomic E-state index is 12.9. The lowest BCUT2D eigenvalue weighted by Crippen LogP contribution is -2.04. The van der Waals surface area contributed by atoms with Crippen LogP contribution in [0, 0.1) is 0 Å². The number of benzene rings is 4. The van der Waals surface area contributed by atoms with Gasteiger partial charge in [-0.3, -0.25) is 4.79 Å². The van der Waals surface area contributed by atoms with Gasteiger partial charge in [0.15, 0.2) is 5.43 Å². The van der Waals surface area contributed by atoms with E-state index in [0.717, 1.165) is 38.6 Å². The van der Waals surface area contributed by atoms with E-state index < -0.39 is 0 Å². The number of pyridine rings is 1. The number of rotatable bonds is 2. The lowest BCUT2D eigenvalue weighted by atomic mass is 10.0. The number of aromatic amines is 1. The number of H-pyrrole nitrogens is 1. The van der Waals surface area contributed by atoms with Gasteiger partial charge in [0.1, 0.15) is 0 Å². The van der Waals surface area contributed by atoms with E-state index >= 15 is 0 Å². The Labute approximate surface area is 149 Å². The fraction of sp³-hybridized carbons (Fsp3) is 0. The van der Waals surface area contributed by atoms with E-state index in [4.69, 9.17) is 0 Å². The summed E-state index contributed by atoms with van der Waals surface area (Å²) in [5.41, 5.74) is 3.83. The van der Waals surface area contributed by atoms with Crippen LogP contribution in [-0.4, -0.2) is 4.98 Å². The number of nitrogens with one attached hydrogen (secondary N) is 2. The molecule has 0 unspecified atom stereocenters. The summed E-state index contributed by atoms with van der Waals surface area (Å²) in [6.07, 6.45) is 0. The third-order valence-electron chi connectivity index (χ3n) is 4.76. The second-order valence-corrected chi connectivity index (χ2v) is 6.41. The highest BCUT2D eigenvalue weighted by Gasteiger charge is 2.08. The Balaban J connectivity index is 1.78. The predicted molar refractivity (Wildman–Crippen MR) is 109 cm³/mol. The van der Waals surface area contributed by atoms with Crippen LogP contribution in [0.5, 0.6) is 0 Å². The Morgan fingerprint density at radius 3 is 2.31 bits per heavy atom. The van der Waals surface area contributed by atoms with Crippen molar-refractivity contribution in [1.29, 1.82) is 0 Å². The van der Waals surface area contributed by atoms with Crippen LogP contribution in [0.4, 0.5) is 11.4 Å². The van der Waals surface area contributed by atoms with Gasteiger partial charge in [0, 0.05) is 33.1 Å². The summed E-state index contributed by atoms with van der Waals surface area (Å²) in [4.78, 5) is 16.3. The van der Waals surface area contributed by atoms with E-state index in [1.165, 1.54) is 0 Å². The van der Waals surface area contributed by atoms with Crippen LogP contribution in [0.25, 0.3) is 32.6 Å². The molecule has 2 N–H and O–H groups in total. The van der Waals surface area contributed by atoms with E-state index in [2.05, 4.69) is 28.5 Å². The van der Waals surface area contributed by atoms with E-state index in [1.54, 1.807) is 0 Å².